The van der Waals surface area contributed by atoms with E-state index in [1.165, 1.54) is 32.1 Å². The number of carbonyl (C=O) groups excluding carboxylic acids is 2. The van der Waals surface area contributed by atoms with Crippen molar-refractivity contribution in [1.29, 1.82) is 0 Å². The molecule has 0 spiro atoms. The van der Waals surface area contributed by atoms with Crippen LogP contribution in [0, 0.1) is 5.92 Å². The lowest BCUT2D eigenvalue weighted by Gasteiger charge is -2.33. The fourth-order valence-corrected chi connectivity index (χ4v) is 3.39. The van der Waals surface area contributed by atoms with Crippen LogP contribution in [0.4, 0.5) is 0 Å². The summed E-state index contributed by atoms with van der Waals surface area (Å²) in [6.07, 6.45) is 6.39. The number of nitrogens with zero attached hydrogens (tertiary/aromatic N) is 3. The van der Waals surface area contributed by atoms with Crippen LogP contribution >= 0.6 is 0 Å². The summed E-state index contributed by atoms with van der Waals surface area (Å²) in [6, 6.07) is 0. The highest BCUT2D eigenvalue weighted by Crippen LogP contribution is 2.22. The molecule has 0 aromatic heterocycles. The molecule has 2 amide bonds. The third-order valence-electron chi connectivity index (χ3n) is 4.99. The van der Waals surface area contributed by atoms with Crippen LogP contribution in [0.15, 0.2) is 0 Å². The minimum absolute atomic E-state index is 0.0317. The van der Waals surface area contributed by atoms with Gasteiger partial charge in [-0.3, -0.25) is 14.5 Å². The summed E-state index contributed by atoms with van der Waals surface area (Å²) in [6.45, 7) is 4.84. The van der Waals surface area contributed by atoms with Gasteiger partial charge in [-0.25, -0.2) is 0 Å². The molecule has 0 aromatic rings. The summed E-state index contributed by atoms with van der Waals surface area (Å²) in [7, 11) is 3.92. The first kappa shape index (κ1) is 18.2. The van der Waals surface area contributed by atoms with Crippen molar-refractivity contribution in [2.45, 2.75) is 32.1 Å². The van der Waals surface area contributed by atoms with E-state index < -0.39 is 0 Å². The molecule has 1 heterocycles. The second kappa shape index (κ2) is 9.23. The van der Waals surface area contributed by atoms with Gasteiger partial charge in [0.05, 0.1) is 13.1 Å². The monoisotopic (exact) mass is 324 g/mol. The van der Waals surface area contributed by atoms with E-state index in [0.717, 1.165) is 32.7 Å². The zero-order valence-electron chi connectivity index (χ0n) is 14.7. The zero-order chi connectivity index (χ0) is 16.7. The van der Waals surface area contributed by atoms with Crippen LogP contribution in [0.2, 0.25) is 0 Å². The number of amides is 2. The summed E-state index contributed by atoms with van der Waals surface area (Å²) in [5.74, 6) is 0.801. The van der Waals surface area contributed by atoms with Gasteiger partial charge in [0.15, 0.2) is 0 Å². The van der Waals surface area contributed by atoms with E-state index in [9.17, 15) is 9.59 Å². The average molecular weight is 324 g/mol. The first-order chi connectivity index (χ1) is 11.0. The second-order valence-corrected chi connectivity index (χ2v) is 7.16. The van der Waals surface area contributed by atoms with Gasteiger partial charge in [0.2, 0.25) is 11.8 Å². The summed E-state index contributed by atoms with van der Waals surface area (Å²) in [5.41, 5.74) is 0. The van der Waals surface area contributed by atoms with E-state index in [2.05, 4.69) is 17.3 Å². The second-order valence-electron chi connectivity index (χ2n) is 7.16. The molecule has 1 aliphatic heterocycles. The maximum atomic E-state index is 12.2. The largest absolute Gasteiger partial charge is 0.355 e. The Kier molecular flexibility index (Phi) is 7.30. The number of nitrogens with one attached hydrogen (secondary N) is 1. The summed E-state index contributed by atoms with van der Waals surface area (Å²) in [4.78, 5) is 30.2. The zero-order valence-corrected chi connectivity index (χ0v) is 14.7. The predicted octanol–water partition coefficient (Wildman–Crippen LogP) is 0.389. The standard InChI is InChI=1S/C17H32N4O2/c1-19-8-10-21(11-9-19)17(23)14-20(2)13-16(22)18-12-15-6-4-3-5-7-15/h15H,3-14H2,1-2H3,(H,18,22). The third kappa shape index (κ3) is 6.47. The first-order valence-electron chi connectivity index (χ1n) is 8.96. The number of piperazine rings is 1. The molecule has 0 unspecified atom stereocenters. The Bertz CT molecular complexity index is 388. The Morgan fingerprint density at radius 2 is 1.70 bits per heavy atom. The minimum Gasteiger partial charge on any atom is -0.355 e. The van der Waals surface area contributed by atoms with Crippen molar-refractivity contribution >= 4 is 11.8 Å². The molecule has 0 aromatic carbocycles. The number of likely N-dealkylation sites (N-methyl/N-ethyl adjacent to an activating group) is 2. The number of hydrogen-bond donors (Lipinski definition) is 1. The number of carbonyl (C=O) groups is 2. The highest BCUT2D eigenvalue weighted by atomic mass is 16.2. The van der Waals surface area contributed by atoms with E-state index in [-0.39, 0.29) is 11.8 Å². The van der Waals surface area contributed by atoms with Crippen LogP contribution in [0.5, 0.6) is 0 Å². The van der Waals surface area contributed by atoms with Gasteiger partial charge in [-0.2, -0.15) is 0 Å². The van der Waals surface area contributed by atoms with E-state index in [1.54, 1.807) is 0 Å². The number of rotatable bonds is 6. The molecule has 1 saturated heterocycles. The highest BCUT2D eigenvalue weighted by Gasteiger charge is 2.21. The smallest absolute Gasteiger partial charge is 0.236 e. The SMILES string of the molecule is CN1CCN(C(=O)CN(C)CC(=O)NCC2CCCCC2)CC1. The van der Waals surface area contributed by atoms with Crippen molar-refractivity contribution in [3.05, 3.63) is 0 Å². The molecule has 1 aliphatic carbocycles. The topological polar surface area (TPSA) is 55.9 Å². The summed E-state index contributed by atoms with van der Waals surface area (Å²) in [5, 5.41) is 3.03. The molecule has 0 bridgehead atoms. The molecule has 0 radical (unpaired) electrons. The van der Waals surface area contributed by atoms with Crippen LogP contribution in [0.1, 0.15) is 32.1 Å². The van der Waals surface area contributed by atoms with Crippen molar-refractivity contribution < 1.29 is 9.59 Å². The Labute approximate surface area is 140 Å². The van der Waals surface area contributed by atoms with Gasteiger partial charge in [-0.15, -0.1) is 0 Å². The molecule has 2 fully saturated rings. The Hall–Kier alpha value is -1.14. The van der Waals surface area contributed by atoms with Crippen LogP contribution in [-0.2, 0) is 9.59 Å². The lowest BCUT2D eigenvalue weighted by atomic mass is 9.89. The molecule has 6 nitrogen and oxygen atoms in total. The maximum Gasteiger partial charge on any atom is 0.236 e. The molecule has 0 atom stereocenters. The molecule has 132 valence electrons. The van der Waals surface area contributed by atoms with E-state index in [1.807, 2.05) is 16.8 Å². The lowest BCUT2D eigenvalue weighted by molar-refractivity contribution is -0.134. The average Bonchev–Trinajstić information content (AvgIpc) is 2.54. The molecule has 1 N–H and O–H groups in total. The van der Waals surface area contributed by atoms with Gasteiger partial charge in [0, 0.05) is 32.7 Å². The molecule has 2 rings (SSSR count). The summed E-state index contributed by atoms with van der Waals surface area (Å²) < 4.78 is 0. The third-order valence-corrected chi connectivity index (χ3v) is 4.99. The van der Waals surface area contributed by atoms with Crippen molar-refractivity contribution in [3.63, 3.8) is 0 Å². The van der Waals surface area contributed by atoms with Crippen molar-refractivity contribution in [2.24, 2.45) is 5.92 Å². The molecule has 1 saturated carbocycles. The van der Waals surface area contributed by atoms with Crippen molar-refractivity contribution in [2.75, 3.05) is 59.9 Å². The highest BCUT2D eigenvalue weighted by molar-refractivity contribution is 5.81. The van der Waals surface area contributed by atoms with E-state index in [4.69, 9.17) is 0 Å². The van der Waals surface area contributed by atoms with Crippen LogP contribution in [0.25, 0.3) is 0 Å². The first-order valence-corrected chi connectivity index (χ1v) is 8.96. The minimum atomic E-state index is 0.0317. The Balaban J connectivity index is 1.62. The van der Waals surface area contributed by atoms with Gasteiger partial charge in [0.25, 0.3) is 0 Å². The molecule has 2 aliphatic rings. The normalized spacial score (nSPS) is 20.7. The van der Waals surface area contributed by atoms with E-state index in [0.29, 0.717) is 19.0 Å². The quantitative estimate of drug-likeness (QED) is 0.768. The van der Waals surface area contributed by atoms with Gasteiger partial charge in [-0.05, 0) is 32.9 Å². The molecular weight excluding hydrogens is 292 g/mol. The van der Waals surface area contributed by atoms with Gasteiger partial charge >= 0.3 is 0 Å². The van der Waals surface area contributed by atoms with Crippen molar-refractivity contribution in [1.82, 2.24) is 20.0 Å². The fourth-order valence-electron chi connectivity index (χ4n) is 3.39. The van der Waals surface area contributed by atoms with Crippen LogP contribution in [0.3, 0.4) is 0 Å². The number of hydrogen-bond acceptors (Lipinski definition) is 4. The molecule has 6 heteroatoms. The Morgan fingerprint density at radius 3 is 2.35 bits per heavy atom. The van der Waals surface area contributed by atoms with Crippen molar-refractivity contribution in [3.8, 4) is 0 Å². The fraction of sp³-hybridized carbons (Fsp3) is 0.882. The lowest BCUT2D eigenvalue weighted by Crippen LogP contribution is -2.50. The van der Waals surface area contributed by atoms with Gasteiger partial charge in [0.1, 0.15) is 0 Å². The van der Waals surface area contributed by atoms with Crippen LogP contribution in [-0.4, -0.2) is 86.4 Å². The molecule has 23 heavy (non-hydrogen) atoms. The molecular formula is C17H32N4O2. The van der Waals surface area contributed by atoms with E-state index >= 15 is 0 Å². The maximum absolute atomic E-state index is 12.2. The predicted molar refractivity (Wildman–Crippen MR) is 91.2 cm³/mol. The van der Waals surface area contributed by atoms with Gasteiger partial charge < -0.3 is 15.1 Å². The van der Waals surface area contributed by atoms with Crippen LogP contribution < -0.4 is 5.32 Å². The van der Waals surface area contributed by atoms with Gasteiger partial charge in [-0.1, -0.05) is 19.3 Å². The Morgan fingerprint density at radius 1 is 1.04 bits per heavy atom. The summed E-state index contributed by atoms with van der Waals surface area (Å²) >= 11 is 0.